The molecule has 1 saturated heterocycles. The molecule has 1 aromatic heterocycles. The van der Waals surface area contributed by atoms with Crippen molar-refractivity contribution in [3.05, 3.63) is 46.2 Å². The maximum atomic E-state index is 12.5. The van der Waals surface area contributed by atoms with Crippen LogP contribution in [0.4, 0.5) is 0 Å². The van der Waals surface area contributed by atoms with Gasteiger partial charge in [0.05, 0.1) is 5.52 Å². The number of fused-ring (bicyclic) bond motifs is 1. The third kappa shape index (κ3) is 3.46. The number of aromatic nitrogens is 1. The molecular weight excluding hydrogens is 288 g/mol. The van der Waals surface area contributed by atoms with Gasteiger partial charge in [0.15, 0.2) is 0 Å². The van der Waals surface area contributed by atoms with Crippen molar-refractivity contribution in [1.82, 2.24) is 9.47 Å². The lowest BCUT2D eigenvalue weighted by Crippen LogP contribution is -2.33. The summed E-state index contributed by atoms with van der Waals surface area (Å²) in [6, 6.07) is 9.79. The van der Waals surface area contributed by atoms with Gasteiger partial charge >= 0.3 is 0 Å². The first-order valence-corrected chi connectivity index (χ1v) is 8.54. The third-order valence-electron chi connectivity index (χ3n) is 4.69. The number of benzene rings is 1. The number of hydrogen-bond donors (Lipinski definition) is 0. The van der Waals surface area contributed by atoms with Crippen LogP contribution < -0.4 is 5.56 Å². The zero-order valence-corrected chi connectivity index (χ0v) is 13.8. The summed E-state index contributed by atoms with van der Waals surface area (Å²) in [5.41, 5.74) is 1.64. The summed E-state index contributed by atoms with van der Waals surface area (Å²) >= 11 is 0. The molecule has 2 aromatic rings. The first kappa shape index (κ1) is 15.8. The van der Waals surface area contributed by atoms with Crippen molar-refractivity contribution in [2.75, 3.05) is 13.1 Å². The van der Waals surface area contributed by atoms with E-state index in [1.165, 1.54) is 12.8 Å². The van der Waals surface area contributed by atoms with Crippen LogP contribution in [-0.2, 0) is 11.3 Å². The van der Waals surface area contributed by atoms with Gasteiger partial charge in [-0.25, -0.2) is 0 Å². The lowest BCUT2D eigenvalue weighted by atomic mass is 10.1. The van der Waals surface area contributed by atoms with Gasteiger partial charge in [-0.2, -0.15) is 0 Å². The molecular formula is C19H24N2O2. The summed E-state index contributed by atoms with van der Waals surface area (Å²) in [7, 11) is 0. The minimum Gasteiger partial charge on any atom is -0.343 e. The Balaban J connectivity index is 1.80. The molecule has 0 N–H and O–H groups in total. The van der Waals surface area contributed by atoms with Crippen LogP contribution in [0.15, 0.2) is 35.1 Å². The van der Waals surface area contributed by atoms with Crippen LogP contribution in [0.2, 0.25) is 0 Å². The van der Waals surface area contributed by atoms with Gasteiger partial charge in [0, 0.05) is 31.6 Å². The molecule has 3 rings (SSSR count). The molecule has 0 saturated carbocycles. The Kier molecular flexibility index (Phi) is 4.79. The summed E-state index contributed by atoms with van der Waals surface area (Å²) in [6.07, 6.45) is 5.02. The number of likely N-dealkylation sites (tertiary alicyclic amines) is 1. The van der Waals surface area contributed by atoms with E-state index in [-0.39, 0.29) is 11.5 Å². The Labute approximate surface area is 136 Å². The molecule has 1 aliphatic rings. The molecule has 1 aromatic carbocycles. The molecule has 4 heteroatoms. The molecule has 0 atom stereocenters. The van der Waals surface area contributed by atoms with E-state index in [2.05, 4.69) is 0 Å². The van der Waals surface area contributed by atoms with E-state index in [0.29, 0.717) is 13.0 Å². The van der Waals surface area contributed by atoms with E-state index in [4.69, 9.17) is 0 Å². The minimum atomic E-state index is 0.00682. The number of amides is 1. The molecule has 23 heavy (non-hydrogen) atoms. The van der Waals surface area contributed by atoms with Crippen LogP contribution in [0.1, 0.15) is 37.7 Å². The molecule has 0 aliphatic carbocycles. The van der Waals surface area contributed by atoms with Crippen molar-refractivity contribution in [3.8, 4) is 0 Å². The second-order valence-electron chi connectivity index (χ2n) is 6.39. The second-order valence-corrected chi connectivity index (χ2v) is 6.39. The number of aryl methyl sites for hydroxylation is 2. The van der Waals surface area contributed by atoms with E-state index in [9.17, 15) is 9.59 Å². The lowest BCUT2D eigenvalue weighted by molar-refractivity contribution is -0.131. The molecule has 0 radical (unpaired) electrons. The Bertz CT molecular complexity index is 756. The standard InChI is InChI=1S/C19H24N2O2/c1-15-14-16-8-4-5-9-17(16)21(19(15)23)13-10-18(22)20-11-6-2-3-7-12-20/h4-5,8-9,14H,2-3,6-7,10-13H2,1H3. The van der Waals surface area contributed by atoms with Crippen LogP contribution >= 0.6 is 0 Å². The maximum Gasteiger partial charge on any atom is 0.253 e. The molecule has 1 fully saturated rings. The molecule has 1 aliphatic heterocycles. The van der Waals surface area contributed by atoms with Crippen LogP contribution in [0.3, 0.4) is 0 Å². The highest BCUT2D eigenvalue weighted by molar-refractivity contribution is 5.80. The van der Waals surface area contributed by atoms with Crippen molar-refractivity contribution >= 4 is 16.8 Å². The first-order chi connectivity index (χ1) is 11.2. The quantitative estimate of drug-likeness (QED) is 0.874. The smallest absolute Gasteiger partial charge is 0.253 e. The van der Waals surface area contributed by atoms with Crippen molar-refractivity contribution in [2.45, 2.75) is 45.6 Å². The first-order valence-electron chi connectivity index (χ1n) is 8.54. The van der Waals surface area contributed by atoms with Crippen LogP contribution in [0, 0.1) is 6.92 Å². The average molecular weight is 312 g/mol. The third-order valence-corrected chi connectivity index (χ3v) is 4.69. The minimum absolute atomic E-state index is 0.00682. The van der Waals surface area contributed by atoms with Gasteiger partial charge in [-0.3, -0.25) is 9.59 Å². The second kappa shape index (κ2) is 6.99. The number of pyridine rings is 1. The molecule has 122 valence electrons. The van der Waals surface area contributed by atoms with Gasteiger partial charge in [0.25, 0.3) is 5.56 Å². The largest absolute Gasteiger partial charge is 0.343 e. The number of rotatable bonds is 3. The lowest BCUT2D eigenvalue weighted by Gasteiger charge is -2.21. The summed E-state index contributed by atoms with van der Waals surface area (Å²) in [6.45, 7) is 4.02. The predicted octanol–water partition coefficient (Wildman–Crippen LogP) is 3.10. The van der Waals surface area contributed by atoms with E-state index in [1.54, 1.807) is 4.57 Å². The Morgan fingerprint density at radius 2 is 1.78 bits per heavy atom. The van der Waals surface area contributed by atoms with Crippen molar-refractivity contribution in [1.29, 1.82) is 0 Å². The zero-order valence-electron chi connectivity index (χ0n) is 13.8. The highest BCUT2D eigenvalue weighted by Gasteiger charge is 2.16. The van der Waals surface area contributed by atoms with Gasteiger partial charge in [-0.05, 0) is 37.3 Å². The van der Waals surface area contributed by atoms with E-state index in [1.807, 2.05) is 42.2 Å². The fraction of sp³-hybridized carbons (Fsp3) is 0.474. The van der Waals surface area contributed by atoms with E-state index < -0.39 is 0 Å². The topological polar surface area (TPSA) is 42.3 Å². The highest BCUT2D eigenvalue weighted by atomic mass is 16.2. The molecule has 2 heterocycles. The normalized spacial score (nSPS) is 15.6. The molecule has 0 bridgehead atoms. The number of nitrogens with zero attached hydrogens (tertiary/aromatic N) is 2. The van der Waals surface area contributed by atoms with Crippen molar-refractivity contribution in [2.24, 2.45) is 0 Å². The zero-order chi connectivity index (χ0) is 16.2. The monoisotopic (exact) mass is 312 g/mol. The van der Waals surface area contributed by atoms with Gasteiger partial charge in [-0.15, -0.1) is 0 Å². The SMILES string of the molecule is Cc1cc2ccccc2n(CCC(=O)N2CCCCCC2)c1=O. The fourth-order valence-corrected chi connectivity index (χ4v) is 3.38. The Morgan fingerprint density at radius 1 is 1.09 bits per heavy atom. The summed E-state index contributed by atoms with van der Waals surface area (Å²) in [5.74, 6) is 0.171. The van der Waals surface area contributed by atoms with Crippen molar-refractivity contribution in [3.63, 3.8) is 0 Å². The number of carbonyl (C=O) groups excluding carboxylic acids is 1. The summed E-state index contributed by atoms with van der Waals surface area (Å²) in [5, 5.41) is 1.05. The average Bonchev–Trinajstić information content (AvgIpc) is 2.84. The number of hydrogen-bond acceptors (Lipinski definition) is 2. The van der Waals surface area contributed by atoms with Crippen LogP contribution in [-0.4, -0.2) is 28.5 Å². The molecule has 1 amide bonds. The fourth-order valence-electron chi connectivity index (χ4n) is 3.38. The van der Waals surface area contributed by atoms with Gasteiger partial charge in [0.2, 0.25) is 5.91 Å². The van der Waals surface area contributed by atoms with Crippen LogP contribution in [0.5, 0.6) is 0 Å². The summed E-state index contributed by atoms with van der Waals surface area (Å²) in [4.78, 5) is 26.9. The van der Waals surface area contributed by atoms with Crippen molar-refractivity contribution < 1.29 is 4.79 Å². The maximum absolute atomic E-state index is 12.5. The van der Waals surface area contributed by atoms with E-state index in [0.717, 1.165) is 42.4 Å². The van der Waals surface area contributed by atoms with E-state index >= 15 is 0 Å². The van der Waals surface area contributed by atoms with Crippen LogP contribution in [0.25, 0.3) is 10.9 Å². The predicted molar refractivity (Wildman–Crippen MR) is 92.6 cm³/mol. The highest BCUT2D eigenvalue weighted by Crippen LogP contribution is 2.15. The van der Waals surface area contributed by atoms with Gasteiger partial charge in [0.1, 0.15) is 0 Å². The molecule has 0 spiro atoms. The number of para-hydroxylation sites is 1. The molecule has 0 unspecified atom stereocenters. The Morgan fingerprint density at radius 3 is 2.52 bits per heavy atom. The van der Waals surface area contributed by atoms with Gasteiger partial charge < -0.3 is 9.47 Å². The van der Waals surface area contributed by atoms with Gasteiger partial charge in [-0.1, -0.05) is 31.0 Å². The molecule has 4 nitrogen and oxygen atoms in total. The Hall–Kier alpha value is -2.10. The summed E-state index contributed by atoms with van der Waals surface area (Å²) < 4.78 is 1.75. The number of carbonyl (C=O) groups is 1.